The van der Waals surface area contributed by atoms with Gasteiger partial charge in [-0.1, -0.05) is 0 Å². The van der Waals surface area contributed by atoms with Gasteiger partial charge in [0.15, 0.2) is 5.60 Å². The van der Waals surface area contributed by atoms with Gasteiger partial charge in [-0.2, -0.15) is 0 Å². The van der Waals surface area contributed by atoms with E-state index in [1.165, 1.54) is 4.90 Å². The first-order valence-electron chi connectivity index (χ1n) is 10.6. The third-order valence-electron chi connectivity index (χ3n) is 4.81. The van der Waals surface area contributed by atoms with Crippen LogP contribution < -0.4 is 25.0 Å². The van der Waals surface area contributed by atoms with Crippen molar-refractivity contribution in [2.45, 2.75) is 46.3 Å². The quantitative estimate of drug-likeness (QED) is 0.690. The fourth-order valence-electron chi connectivity index (χ4n) is 3.36. The maximum atomic E-state index is 13.1. The summed E-state index contributed by atoms with van der Waals surface area (Å²) in [6.45, 7) is 9.25. The second-order valence-electron chi connectivity index (χ2n) is 8.32. The van der Waals surface area contributed by atoms with Crippen molar-refractivity contribution in [1.29, 1.82) is 0 Å². The van der Waals surface area contributed by atoms with Gasteiger partial charge in [-0.3, -0.25) is 19.3 Å². The lowest BCUT2D eigenvalue weighted by Gasteiger charge is -2.38. The first kappa shape index (κ1) is 23.1. The fraction of sp³-hybridized carbons (Fsp3) is 0.375. The molecule has 0 bridgehead atoms. The normalized spacial score (nSPS) is 14.4. The molecule has 1 heterocycles. The lowest BCUT2D eigenvalue weighted by atomic mass is 10.0. The largest absolute Gasteiger partial charge is 0.494 e. The number of rotatable bonds is 7. The summed E-state index contributed by atoms with van der Waals surface area (Å²) in [5.74, 6) is 0.136. The minimum Gasteiger partial charge on any atom is -0.494 e. The molecule has 32 heavy (non-hydrogen) atoms. The molecule has 1 aliphatic heterocycles. The van der Waals surface area contributed by atoms with Crippen LogP contribution in [0.25, 0.3) is 0 Å². The van der Waals surface area contributed by atoms with Crippen LogP contribution in [0.1, 0.15) is 45.0 Å². The SMILES string of the molecule is CCOc1ccc(NC(=O)CN2C(=O)C(C)(C)Oc3ccc(C(=O)NC(C)C)cc32)cc1. The molecule has 3 rings (SSSR count). The van der Waals surface area contributed by atoms with Gasteiger partial charge in [-0.15, -0.1) is 0 Å². The van der Waals surface area contributed by atoms with E-state index in [2.05, 4.69) is 10.6 Å². The van der Waals surface area contributed by atoms with Crippen molar-refractivity contribution in [2.24, 2.45) is 0 Å². The summed E-state index contributed by atoms with van der Waals surface area (Å²) in [5, 5.41) is 5.61. The number of benzene rings is 2. The number of carbonyl (C=O) groups excluding carboxylic acids is 3. The van der Waals surface area contributed by atoms with Crippen LogP contribution in [-0.2, 0) is 9.59 Å². The molecule has 3 amide bonds. The van der Waals surface area contributed by atoms with Crippen LogP contribution in [0.15, 0.2) is 42.5 Å². The van der Waals surface area contributed by atoms with Crippen molar-refractivity contribution in [1.82, 2.24) is 5.32 Å². The Balaban J connectivity index is 1.83. The standard InChI is InChI=1S/C24H29N3O5/c1-6-31-18-10-8-17(9-11-18)26-21(28)14-27-19-13-16(22(29)25-15(2)3)7-12-20(19)32-24(4,5)23(27)30/h7-13,15H,6,14H2,1-5H3,(H,25,29)(H,26,28). The number of fused-ring (bicyclic) bond motifs is 1. The number of nitrogens with one attached hydrogen (secondary N) is 2. The van der Waals surface area contributed by atoms with Crippen LogP contribution >= 0.6 is 0 Å². The van der Waals surface area contributed by atoms with Crippen LogP contribution in [0.2, 0.25) is 0 Å². The van der Waals surface area contributed by atoms with Crippen molar-refractivity contribution in [3.8, 4) is 11.5 Å². The molecule has 0 saturated heterocycles. The highest BCUT2D eigenvalue weighted by atomic mass is 16.5. The minimum absolute atomic E-state index is 0.0358. The highest BCUT2D eigenvalue weighted by molar-refractivity contribution is 6.08. The second-order valence-corrected chi connectivity index (χ2v) is 8.32. The summed E-state index contributed by atoms with van der Waals surface area (Å²) in [4.78, 5) is 39.6. The zero-order chi connectivity index (χ0) is 23.5. The smallest absolute Gasteiger partial charge is 0.271 e. The Kier molecular flexibility index (Phi) is 6.72. The molecule has 0 aromatic heterocycles. The molecule has 0 radical (unpaired) electrons. The summed E-state index contributed by atoms with van der Waals surface area (Å²) in [6.07, 6.45) is 0. The lowest BCUT2D eigenvalue weighted by molar-refractivity contribution is -0.133. The number of hydrogen-bond acceptors (Lipinski definition) is 5. The number of anilines is 2. The van der Waals surface area contributed by atoms with Gasteiger partial charge in [-0.05, 0) is 77.1 Å². The Hall–Kier alpha value is -3.55. The first-order valence-corrected chi connectivity index (χ1v) is 10.6. The average Bonchev–Trinajstić information content (AvgIpc) is 2.72. The maximum Gasteiger partial charge on any atom is 0.271 e. The Bertz CT molecular complexity index is 1010. The van der Waals surface area contributed by atoms with Gasteiger partial charge in [0, 0.05) is 17.3 Å². The molecule has 0 spiro atoms. The number of nitrogens with zero attached hydrogens (tertiary/aromatic N) is 1. The fourth-order valence-corrected chi connectivity index (χ4v) is 3.36. The van der Waals surface area contributed by atoms with Crippen LogP contribution in [0, 0.1) is 0 Å². The van der Waals surface area contributed by atoms with E-state index in [1.807, 2.05) is 20.8 Å². The Morgan fingerprint density at radius 3 is 2.44 bits per heavy atom. The van der Waals surface area contributed by atoms with Crippen molar-refractivity contribution < 1.29 is 23.9 Å². The first-order chi connectivity index (χ1) is 15.1. The van der Waals surface area contributed by atoms with E-state index < -0.39 is 5.60 Å². The van der Waals surface area contributed by atoms with E-state index in [0.29, 0.717) is 35.0 Å². The van der Waals surface area contributed by atoms with E-state index in [1.54, 1.807) is 56.3 Å². The molecule has 0 saturated carbocycles. The summed E-state index contributed by atoms with van der Waals surface area (Å²) in [6, 6.07) is 11.8. The number of hydrogen-bond donors (Lipinski definition) is 2. The Morgan fingerprint density at radius 2 is 1.81 bits per heavy atom. The molecule has 2 aromatic rings. The third-order valence-corrected chi connectivity index (χ3v) is 4.81. The van der Waals surface area contributed by atoms with Gasteiger partial charge in [0.05, 0.1) is 12.3 Å². The monoisotopic (exact) mass is 439 g/mol. The van der Waals surface area contributed by atoms with Crippen LogP contribution in [0.5, 0.6) is 11.5 Å². The van der Waals surface area contributed by atoms with Gasteiger partial charge >= 0.3 is 0 Å². The predicted octanol–water partition coefficient (Wildman–Crippen LogP) is 3.37. The van der Waals surface area contributed by atoms with Crippen molar-refractivity contribution >= 4 is 29.1 Å². The van der Waals surface area contributed by atoms with Gasteiger partial charge in [-0.25, -0.2) is 0 Å². The van der Waals surface area contributed by atoms with E-state index in [-0.39, 0.29) is 30.3 Å². The molecule has 8 heteroatoms. The Morgan fingerprint density at radius 1 is 1.12 bits per heavy atom. The zero-order valence-corrected chi connectivity index (χ0v) is 19.0. The van der Waals surface area contributed by atoms with E-state index in [4.69, 9.17) is 9.47 Å². The van der Waals surface area contributed by atoms with Crippen LogP contribution in [0.4, 0.5) is 11.4 Å². The second kappa shape index (κ2) is 9.30. The summed E-state index contributed by atoms with van der Waals surface area (Å²) >= 11 is 0. The molecule has 0 unspecified atom stereocenters. The molecule has 8 nitrogen and oxygen atoms in total. The molecule has 2 aromatic carbocycles. The average molecular weight is 440 g/mol. The van der Waals surface area contributed by atoms with Crippen LogP contribution in [0.3, 0.4) is 0 Å². The summed E-state index contributed by atoms with van der Waals surface area (Å²) < 4.78 is 11.3. The lowest BCUT2D eigenvalue weighted by Crippen LogP contribution is -2.54. The van der Waals surface area contributed by atoms with Gasteiger partial charge < -0.3 is 20.1 Å². The molecule has 0 aliphatic carbocycles. The van der Waals surface area contributed by atoms with Crippen molar-refractivity contribution in [3.63, 3.8) is 0 Å². The van der Waals surface area contributed by atoms with E-state index in [0.717, 1.165) is 0 Å². The zero-order valence-electron chi connectivity index (χ0n) is 19.0. The predicted molar refractivity (Wildman–Crippen MR) is 122 cm³/mol. The van der Waals surface area contributed by atoms with E-state index in [9.17, 15) is 14.4 Å². The Labute approximate surface area is 187 Å². The van der Waals surface area contributed by atoms with Crippen molar-refractivity contribution in [3.05, 3.63) is 48.0 Å². The van der Waals surface area contributed by atoms with Gasteiger partial charge in [0.1, 0.15) is 18.0 Å². The minimum atomic E-state index is -1.14. The van der Waals surface area contributed by atoms with Crippen molar-refractivity contribution in [2.75, 3.05) is 23.4 Å². The molecule has 170 valence electrons. The van der Waals surface area contributed by atoms with E-state index >= 15 is 0 Å². The molecular formula is C24H29N3O5. The van der Waals surface area contributed by atoms with Gasteiger partial charge in [0.2, 0.25) is 5.91 Å². The molecule has 1 aliphatic rings. The molecule has 0 fully saturated rings. The summed E-state index contributed by atoms with van der Waals surface area (Å²) in [7, 11) is 0. The van der Waals surface area contributed by atoms with Gasteiger partial charge in [0.25, 0.3) is 11.8 Å². The number of amides is 3. The number of carbonyl (C=O) groups is 3. The maximum absolute atomic E-state index is 13.1. The topological polar surface area (TPSA) is 97.0 Å². The molecular weight excluding hydrogens is 410 g/mol. The molecule has 2 N–H and O–H groups in total. The third kappa shape index (κ3) is 5.19. The number of ether oxygens (including phenoxy) is 2. The highest BCUT2D eigenvalue weighted by Gasteiger charge is 2.41. The highest BCUT2D eigenvalue weighted by Crippen LogP contribution is 2.38. The van der Waals surface area contributed by atoms with Crippen LogP contribution in [-0.4, -0.2) is 42.5 Å². The summed E-state index contributed by atoms with van der Waals surface area (Å²) in [5.41, 5.74) is 0.204. The molecule has 0 atom stereocenters.